The second-order valence-electron chi connectivity index (χ2n) is 3.33. The van der Waals surface area contributed by atoms with E-state index < -0.39 is 0 Å². The van der Waals surface area contributed by atoms with E-state index in [-0.39, 0.29) is 0 Å². The lowest BCUT2D eigenvalue weighted by atomic mass is 10.00. The summed E-state index contributed by atoms with van der Waals surface area (Å²) >= 11 is 5.87. The third-order valence-corrected chi connectivity index (χ3v) is 2.62. The number of rotatable bonds is 2. The number of pyridine rings is 1. The number of halogens is 1. The van der Waals surface area contributed by atoms with Crippen LogP contribution < -0.4 is 0 Å². The van der Waals surface area contributed by atoms with Gasteiger partial charge in [-0.2, -0.15) is 5.26 Å². The molecular formula is C11H13ClN2. The Balaban J connectivity index is 3.38. The van der Waals surface area contributed by atoms with Crippen LogP contribution in [0.3, 0.4) is 0 Å². The monoisotopic (exact) mass is 208 g/mol. The Morgan fingerprint density at radius 3 is 2.57 bits per heavy atom. The van der Waals surface area contributed by atoms with Gasteiger partial charge in [0.1, 0.15) is 11.2 Å². The van der Waals surface area contributed by atoms with Crippen molar-refractivity contribution in [3.05, 3.63) is 27.5 Å². The Kier molecular flexibility index (Phi) is 3.49. The summed E-state index contributed by atoms with van der Waals surface area (Å²) in [7, 11) is 0. The maximum Gasteiger partial charge on any atom is 0.147 e. The van der Waals surface area contributed by atoms with Crippen molar-refractivity contribution in [2.75, 3.05) is 0 Å². The van der Waals surface area contributed by atoms with Gasteiger partial charge in [-0.3, -0.25) is 0 Å². The van der Waals surface area contributed by atoms with Crippen LogP contribution in [0.1, 0.15) is 35.7 Å². The van der Waals surface area contributed by atoms with Crippen LogP contribution in [0.2, 0.25) is 5.15 Å². The average molecular weight is 209 g/mol. The standard InChI is InChI=1S/C11H13ClN2/c1-4-5-9-7(2)10(6-13)11(12)14-8(9)3/h4-5H2,1-3H3. The van der Waals surface area contributed by atoms with Gasteiger partial charge in [-0.15, -0.1) is 0 Å². The molecule has 0 amide bonds. The number of hydrogen-bond acceptors (Lipinski definition) is 2. The van der Waals surface area contributed by atoms with Gasteiger partial charge >= 0.3 is 0 Å². The third-order valence-electron chi connectivity index (χ3n) is 2.35. The summed E-state index contributed by atoms with van der Waals surface area (Å²) in [6.45, 7) is 5.98. The first-order valence-electron chi connectivity index (χ1n) is 4.67. The Bertz CT molecular complexity index is 391. The number of aryl methyl sites for hydroxylation is 1. The first-order chi connectivity index (χ1) is 6.61. The predicted octanol–water partition coefficient (Wildman–Crippen LogP) is 3.18. The first-order valence-corrected chi connectivity index (χ1v) is 5.05. The second kappa shape index (κ2) is 4.43. The van der Waals surface area contributed by atoms with Gasteiger partial charge in [-0.1, -0.05) is 24.9 Å². The molecule has 0 aliphatic heterocycles. The van der Waals surface area contributed by atoms with Gasteiger partial charge in [0.05, 0.1) is 5.56 Å². The van der Waals surface area contributed by atoms with E-state index in [0.29, 0.717) is 10.7 Å². The Morgan fingerprint density at radius 2 is 2.07 bits per heavy atom. The molecule has 0 aromatic carbocycles. The number of nitriles is 1. The van der Waals surface area contributed by atoms with Crippen molar-refractivity contribution in [3.63, 3.8) is 0 Å². The van der Waals surface area contributed by atoms with Gasteiger partial charge in [0, 0.05) is 5.69 Å². The molecule has 0 fully saturated rings. The largest absolute Gasteiger partial charge is 0.240 e. The van der Waals surface area contributed by atoms with Crippen LogP contribution in [0.15, 0.2) is 0 Å². The van der Waals surface area contributed by atoms with Gasteiger partial charge in [0.2, 0.25) is 0 Å². The zero-order chi connectivity index (χ0) is 10.7. The van der Waals surface area contributed by atoms with E-state index in [1.165, 1.54) is 0 Å². The first kappa shape index (κ1) is 11.0. The van der Waals surface area contributed by atoms with Crippen LogP contribution in [0, 0.1) is 25.2 Å². The molecule has 3 heteroatoms. The van der Waals surface area contributed by atoms with Crippen LogP contribution in [-0.2, 0) is 6.42 Å². The van der Waals surface area contributed by atoms with E-state index in [2.05, 4.69) is 18.0 Å². The van der Waals surface area contributed by atoms with Crippen molar-refractivity contribution in [1.29, 1.82) is 5.26 Å². The summed E-state index contributed by atoms with van der Waals surface area (Å²) < 4.78 is 0. The molecule has 1 aromatic heterocycles. The van der Waals surface area contributed by atoms with Gasteiger partial charge in [0.25, 0.3) is 0 Å². The van der Waals surface area contributed by atoms with Crippen molar-refractivity contribution in [1.82, 2.24) is 4.98 Å². The van der Waals surface area contributed by atoms with Crippen LogP contribution in [0.25, 0.3) is 0 Å². The lowest BCUT2D eigenvalue weighted by Crippen LogP contribution is -2.00. The van der Waals surface area contributed by atoms with Gasteiger partial charge in [0.15, 0.2) is 0 Å². The fourth-order valence-corrected chi connectivity index (χ4v) is 1.91. The zero-order valence-electron chi connectivity index (χ0n) is 8.69. The Morgan fingerprint density at radius 1 is 1.43 bits per heavy atom. The molecule has 0 radical (unpaired) electrons. The molecule has 1 rings (SSSR count). The molecule has 14 heavy (non-hydrogen) atoms. The average Bonchev–Trinajstić information content (AvgIpc) is 2.12. The molecule has 1 aromatic rings. The summed E-state index contributed by atoms with van der Waals surface area (Å²) in [6, 6.07) is 2.10. The van der Waals surface area contributed by atoms with E-state index in [1.807, 2.05) is 13.8 Å². The van der Waals surface area contributed by atoms with Crippen molar-refractivity contribution >= 4 is 11.6 Å². The molecule has 2 nitrogen and oxygen atoms in total. The van der Waals surface area contributed by atoms with Crippen LogP contribution in [0.5, 0.6) is 0 Å². The fourth-order valence-electron chi connectivity index (χ4n) is 1.60. The molecule has 0 N–H and O–H groups in total. The highest BCUT2D eigenvalue weighted by molar-refractivity contribution is 6.30. The highest BCUT2D eigenvalue weighted by Gasteiger charge is 2.12. The molecule has 0 unspecified atom stereocenters. The predicted molar refractivity (Wildman–Crippen MR) is 57.4 cm³/mol. The number of nitrogens with zero attached hydrogens (tertiary/aromatic N) is 2. The molecule has 0 spiro atoms. The molecule has 0 saturated heterocycles. The minimum atomic E-state index is 0.322. The number of aromatic nitrogens is 1. The van der Waals surface area contributed by atoms with Crippen molar-refractivity contribution < 1.29 is 0 Å². The summed E-state index contributed by atoms with van der Waals surface area (Å²) in [6.07, 6.45) is 2.01. The van der Waals surface area contributed by atoms with Crippen LogP contribution in [-0.4, -0.2) is 4.98 Å². The molecule has 74 valence electrons. The highest BCUT2D eigenvalue weighted by atomic mass is 35.5. The van der Waals surface area contributed by atoms with Gasteiger partial charge < -0.3 is 0 Å². The lowest BCUT2D eigenvalue weighted by Gasteiger charge is -2.10. The van der Waals surface area contributed by atoms with E-state index in [1.54, 1.807) is 0 Å². The minimum absolute atomic E-state index is 0.322. The van der Waals surface area contributed by atoms with E-state index >= 15 is 0 Å². The maximum absolute atomic E-state index is 8.91. The Labute approximate surface area is 89.5 Å². The van der Waals surface area contributed by atoms with Gasteiger partial charge in [-0.25, -0.2) is 4.98 Å². The SMILES string of the molecule is CCCc1c(C)nc(Cl)c(C#N)c1C. The lowest BCUT2D eigenvalue weighted by molar-refractivity contribution is 0.886. The van der Waals surface area contributed by atoms with E-state index in [9.17, 15) is 0 Å². The van der Waals surface area contributed by atoms with Crippen molar-refractivity contribution in [2.24, 2.45) is 0 Å². The highest BCUT2D eigenvalue weighted by Crippen LogP contribution is 2.23. The zero-order valence-corrected chi connectivity index (χ0v) is 9.44. The fraction of sp³-hybridized carbons (Fsp3) is 0.455. The van der Waals surface area contributed by atoms with E-state index in [4.69, 9.17) is 16.9 Å². The third kappa shape index (κ3) is 1.88. The van der Waals surface area contributed by atoms with Crippen LogP contribution in [0.4, 0.5) is 0 Å². The molecule has 1 heterocycles. The molecule has 0 saturated carbocycles. The smallest absolute Gasteiger partial charge is 0.147 e. The molecule has 0 bridgehead atoms. The minimum Gasteiger partial charge on any atom is -0.240 e. The van der Waals surface area contributed by atoms with Crippen LogP contribution >= 0.6 is 11.6 Å². The van der Waals surface area contributed by atoms with Crippen molar-refractivity contribution in [2.45, 2.75) is 33.6 Å². The summed E-state index contributed by atoms with van der Waals surface area (Å²) in [5.74, 6) is 0. The Hall–Kier alpha value is -1.07. The topological polar surface area (TPSA) is 36.7 Å². The maximum atomic E-state index is 8.91. The number of hydrogen-bond donors (Lipinski definition) is 0. The molecule has 0 aliphatic carbocycles. The molecule has 0 atom stereocenters. The summed E-state index contributed by atoms with van der Waals surface area (Å²) in [4.78, 5) is 4.17. The quantitative estimate of drug-likeness (QED) is 0.700. The van der Waals surface area contributed by atoms with Gasteiger partial charge in [-0.05, 0) is 31.4 Å². The summed E-state index contributed by atoms with van der Waals surface area (Å²) in [5, 5.41) is 9.23. The van der Waals surface area contributed by atoms with E-state index in [0.717, 1.165) is 29.7 Å². The molecular weight excluding hydrogens is 196 g/mol. The summed E-state index contributed by atoms with van der Waals surface area (Å²) in [5.41, 5.74) is 3.59. The molecule has 0 aliphatic rings. The second-order valence-corrected chi connectivity index (χ2v) is 3.69. The normalized spacial score (nSPS) is 9.93. The van der Waals surface area contributed by atoms with Crippen molar-refractivity contribution in [3.8, 4) is 6.07 Å².